The maximum atomic E-state index is 8.55. The molecule has 56 valence electrons. The van der Waals surface area contributed by atoms with Crippen LogP contribution < -0.4 is 0 Å². The van der Waals surface area contributed by atoms with E-state index in [-0.39, 0.29) is 5.48 Å². The molecule has 0 aromatic heterocycles. The Morgan fingerprint density at radius 1 is 1.20 bits per heavy atom. The van der Waals surface area contributed by atoms with Crippen molar-refractivity contribution >= 4 is 12.0 Å². The Hall–Kier alpha value is -0.510. The third-order valence-corrected chi connectivity index (χ3v) is 1.61. The van der Waals surface area contributed by atoms with Crippen LogP contribution in [0.3, 0.4) is 0 Å². The summed E-state index contributed by atoms with van der Waals surface area (Å²) >= 11 is 0.777. The lowest BCUT2D eigenvalue weighted by Crippen LogP contribution is -1.70. The third-order valence-electron chi connectivity index (χ3n) is 1.13. The monoisotopic (exact) mass is 158 g/mol. The molecule has 1 rings (SSSR count). The van der Waals surface area contributed by atoms with E-state index in [1.807, 2.05) is 31.2 Å². The molecule has 0 atom stereocenters. The van der Waals surface area contributed by atoms with Crippen LogP contribution in [0, 0.1) is 6.92 Å². The zero-order valence-electron chi connectivity index (χ0n) is 5.66. The van der Waals surface area contributed by atoms with Crippen LogP contribution >= 0.6 is 12.0 Å². The van der Waals surface area contributed by atoms with Gasteiger partial charge in [0.25, 0.3) is 0 Å². The van der Waals surface area contributed by atoms with E-state index >= 15 is 0 Å². The number of hydrogen-bond acceptors (Lipinski definition) is 2. The van der Waals surface area contributed by atoms with Gasteiger partial charge in [0.05, 0.1) is 0 Å². The molecule has 0 radical (unpaired) electrons. The summed E-state index contributed by atoms with van der Waals surface area (Å²) in [7, 11) is 0. The highest BCUT2D eigenvalue weighted by Crippen LogP contribution is 2.13. The maximum Gasteiger partial charge on any atom is 0.0350 e. The SMILES string of the molecule is Cc1ccc(SO)cc1.O. The fraction of sp³-hybridized carbons (Fsp3) is 0.143. The predicted molar refractivity (Wildman–Crippen MR) is 43.3 cm³/mol. The van der Waals surface area contributed by atoms with Crippen molar-refractivity contribution in [2.24, 2.45) is 0 Å². The van der Waals surface area contributed by atoms with Gasteiger partial charge < -0.3 is 10.0 Å². The molecule has 2 nitrogen and oxygen atoms in total. The molecule has 10 heavy (non-hydrogen) atoms. The first-order valence-corrected chi connectivity index (χ1v) is 3.48. The van der Waals surface area contributed by atoms with Gasteiger partial charge in [0.2, 0.25) is 0 Å². The molecule has 0 aliphatic carbocycles. The first-order valence-electron chi connectivity index (χ1n) is 2.71. The molecule has 0 saturated heterocycles. The molecule has 0 amide bonds. The molecule has 0 bridgehead atoms. The molecule has 0 spiro atoms. The number of rotatable bonds is 1. The van der Waals surface area contributed by atoms with E-state index in [1.165, 1.54) is 5.56 Å². The van der Waals surface area contributed by atoms with Crippen LogP contribution in [0.15, 0.2) is 29.2 Å². The van der Waals surface area contributed by atoms with Crippen molar-refractivity contribution in [3.8, 4) is 0 Å². The number of benzene rings is 1. The molecule has 1 aromatic rings. The van der Waals surface area contributed by atoms with Gasteiger partial charge >= 0.3 is 0 Å². The van der Waals surface area contributed by atoms with Gasteiger partial charge in [0, 0.05) is 16.9 Å². The van der Waals surface area contributed by atoms with Crippen molar-refractivity contribution in [2.75, 3.05) is 0 Å². The summed E-state index contributed by atoms with van der Waals surface area (Å²) in [5, 5.41) is 0. The lowest BCUT2D eigenvalue weighted by molar-refractivity contribution is 0.664. The average molecular weight is 158 g/mol. The van der Waals surface area contributed by atoms with Crippen molar-refractivity contribution in [2.45, 2.75) is 11.8 Å². The van der Waals surface area contributed by atoms with Crippen LogP contribution in [0.1, 0.15) is 5.56 Å². The summed E-state index contributed by atoms with van der Waals surface area (Å²) in [6.45, 7) is 2.02. The van der Waals surface area contributed by atoms with E-state index in [0.29, 0.717) is 0 Å². The van der Waals surface area contributed by atoms with Crippen LogP contribution in [0.4, 0.5) is 0 Å². The molecule has 0 saturated carbocycles. The standard InChI is InChI=1S/C7H8OS.H2O/c1-6-2-4-7(9-8)5-3-6;/h2-5,8H,1H3;1H2. The topological polar surface area (TPSA) is 51.7 Å². The smallest absolute Gasteiger partial charge is 0.0350 e. The van der Waals surface area contributed by atoms with Crippen molar-refractivity contribution < 1.29 is 10.0 Å². The lowest BCUT2D eigenvalue weighted by atomic mass is 10.2. The summed E-state index contributed by atoms with van der Waals surface area (Å²) in [6, 6.07) is 7.72. The van der Waals surface area contributed by atoms with Crippen LogP contribution in [0.25, 0.3) is 0 Å². The highest BCUT2D eigenvalue weighted by molar-refractivity contribution is 7.93. The van der Waals surface area contributed by atoms with E-state index in [2.05, 4.69) is 0 Å². The minimum atomic E-state index is 0. The van der Waals surface area contributed by atoms with Gasteiger partial charge in [-0.05, 0) is 19.1 Å². The minimum Gasteiger partial charge on any atom is -0.412 e. The second-order valence-electron chi connectivity index (χ2n) is 1.90. The first-order chi connectivity index (χ1) is 4.33. The minimum absolute atomic E-state index is 0. The molecular weight excluding hydrogens is 148 g/mol. The van der Waals surface area contributed by atoms with Crippen molar-refractivity contribution in [3.63, 3.8) is 0 Å². The summed E-state index contributed by atoms with van der Waals surface area (Å²) in [5.74, 6) is 0. The Bertz CT molecular complexity index is 183. The van der Waals surface area contributed by atoms with Crippen LogP contribution in [0.2, 0.25) is 0 Å². The van der Waals surface area contributed by atoms with E-state index in [9.17, 15) is 0 Å². The molecule has 1 aromatic carbocycles. The van der Waals surface area contributed by atoms with E-state index < -0.39 is 0 Å². The van der Waals surface area contributed by atoms with Gasteiger partial charge in [0.15, 0.2) is 0 Å². The molecule has 0 aliphatic rings. The highest BCUT2D eigenvalue weighted by Gasteiger charge is 1.87. The zero-order chi connectivity index (χ0) is 6.69. The number of aryl methyl sites for hydroxylation is 1. The second-order valence-corrected chi connectivity index (χ2v) is 2.56. The molecule has 0 heterocycles. The molecular formula is C7H10O2S. The van der Waals surface area contributed by atoms with Crippen molar-refractivity contribution in [1.82, 2.24) is 0 Å². The first kappa shape index (κ1) is 9.49. The van der Waals surface area contributed by atoms with Crippen molar-refractivity contribution in [1.29, 1.82) is 0 Å². The Labute approximate surface area is 64.4 Å². The lowest BCUT2D eigenvalue weighted by Gasteiger charge is -1.92. The molecule has 0 fully saturated rings. The number of hydrogen-bond donors (Lipinski definition) is 1. The predicted octanol–water partition coefficient (Wildman–Crippen LogP) is 1.74. The van der Waals surface area contributed by atoms with Crippen LogP contribution in [-0.4, -0.2) is 10.0 Å². The fourth-order valence-corrected chi connectivity index (χ4v) is 0.857. The van der Waals surface area contributed by atoms with Gasteiger partial charge in [-0.1, -0.05) is 17.7 Å². The second kappa shape index (κ2) is 4.33. The summed E-state index contributed by atoms with van der Waals surface area (Å²) in [5.41, 5.74) is 1.22. The molecule has 3 heteroatoms. The van der Waals surface area contributed by atoms with Crippen LogP contribution in [0.5, 0.6) is 0 Å². The Balaban J connectivity index is 0.000000810. The summed E-state index contributed by atoms with van der Waals surface area (Å²) in [6.07, 6.45) is 0. The highest BCUT2D eigenvalue weighted by atomic mass is 32.2. The van der Waals surface area contributed by atoms with Gasteiger partial charge in [-0.25, -0.2) is 0 Å². The fourth-order valence-electron chi connectivity index (χ4n) is 0.599. The van der Waals surface area contributed by atoms with E-state index in [4.69, 9.17) is 4.55 Å². The molecule has 0 unspecified atom stereocenters. The molecule has 3 N–H and O–H groups in total. The van der Waals surface area contributed by atoms with Crippen molar-refractivity contribution in [3.05, 3.63) is 29.8 Å². The van der Waals surface area contributed by atoms with Gasteiger partial charge in [-0.2, -0.15) is 0 Å². The largest absolute Gasteiger partial charge is 0.412 e. The zero-order valence-corrected chi connectivity index (χ0v) is 6.48. The van der Waals surface area contributed by atoms with E-state index in [0.717, 1.165) is 16.9 Å². The van der Waals surface area contributed by atoms with E-state index in [1.54, 1.807) is 0 Å². The maximum absolute atomic E-state index is 8.55. The van der Waals surface area contributed by atoms with Gasteiger partial charge in [-0.15, -0.1) is 0 Å². The average Bonchev–Trinajstić information content (AvgIpc) is 1.90. The summed E-state index contributed by atoms with van der Waals surface area (Å²) < 4.78 is 8.55. The Morgan fingerprint density at radius 2 is 1.70 bits per heavy atom. The third kappa shape index (κ3) is 2.39. The summed E-state index contributed by atoms with van der Waals surface area (Å²) in [4.78, 5) is 0.889. The normalized spacial score (nSPS) is 8.60. The quantitative estimate of drug-likeness (QED) is 0.633. The van der Waals surface area contributed by atoms with Gasteiger partial charge in [0.1, 0.15) is 0 Å². The van der Waals surface area contributed by atoms with Crippen LogP contribution in [-0.2, 0) is 0 Å². The Kier molecular flexibility index (Phi) is 4.11. The Morgan fingerprint density at radius 3 is 2.10 bits per heavy atom. The molecule has 0 aliphatic heterocycles. The van der Waals surface area contributed by atoms with Gasteiger partial charge in [-0.3, -0.25) is 0 Å².